The first-order valence-corrected chi connectivity index (χ1v) is 5.58. The lowest BCUT2D eigenvalue weighted by Crippen LogP contribution is -2.12. The topological polar surface area (TPSA) is 46.5 Å². The second-order valence-corrected chi connectivity index (χ2v) is 4.33. The predicted molar refractivity (Wildman–Crippen MR) is 67.3 cm³/mol. The Labute approximate surface area is 102 Å². The molecule has 17 heavy (non-hydrogen) atoms. The second kappa shape index (κ2) is 6.09. The normalized spacial score (nSPS) is 11.9. The maximum atomic E-state index is 10.7. The lowest BCUT2D eigenvalue weighted by Gasteiger charge is -2.08. The summed E-state index contributed by atoms with van der Waals surface area (Å²) in [6, 6.07) is 7.50. The maximum absolute atomic E-state index is 10.7. The molecule has 0 aliphatic heterocycles. The van der Waals surface area contributed by atoms with Gasteiger partial charge in [-0.15, -0.1) is 0 Å². The molecule has 0 amide bonds. The van der Waals surface area contributed by atoms with Crippen molar-refractivity contribution in [1.29, 1.82) is 0 Å². The number of hydrogen-bond acceptors (Lipinski definition) is 2. The molecule has 0 bridgehead atoms. The molecular formula is C14H18O3. The number of rotatable bonds is 6. The van der Waals surface area contributed by atoms with Crippen LogP contribution in [0.5, 0.6) is 5.75 Å². The summed E-state index contributed by atoms with van der Waals surface area (Å²) >= 11 is 0. The van der Waals surface area contributed by atoms with Crippen LogP contribution in [0.4, 0.5) is 0 Å². The number of carboxylic acid groups (broad SMARTS) is 1. The summed E-state index contributed by atoms with van der Waals surface area (Å²) in [5.74, 6) is -0.357. The van der Waals surface area contributed by atoms with E-state index in [1.165, 1.54) is 0 Å². The van der Waals surface area contributed by atoms with Crippen LogP contribution in [0.25, 0.3) is 0 Å². The van der Waals surface area contributed by atoms with Crippen LogP contribution in [0.3, 0.4) is 0 Å². The van der Waals surface area contributed by atoms with Gasteiger partial charge in [-0.2, -0.15) is 0 Å². The monoisotopic (exact) mass is 234 g/mol. The molecule has 0 saturated carbocycles. The minimum atomic E-state index is -0.771. The molecule has 1 N–H and O–H groups in total. The molecule has 0 spiro atoms. The molecule has 0 fully saturated rings. The lowest BCUT2D eigenvalue weighted by molar-refractivity contribution is -0.141. The van der Waals surface area contributed by atoms with E-state index in [0.717, 1.165) is 16.9 Å². The highest BCUT2D eigenvalue weighted by atomic mass is 16.5. The fourth-order valence-electron chi connectivity index (χ4n) is 1.37. The molecule has 0 aliphatic rings. The van der Waals surface area contributed by atoms with Gasteiger partial charge >= 0.3 is 5.97 Å². The van der Waals surface area contributed by atoms with Crippen molar-refractivity contribution in [3.63, 3.8) is 0 Å². The van der Waals surface area contributed by atoms with E-state index in [9.17, 15) is 4.79 Å². The molecule has 1 aromatic rings. The second-order valence-electron chi connectivity index (χ2n) is 4.33. The van der Waals surface area contributed by atoms with E-state index < -0.39 is 5.97 Å². The Bertz CT molecular complexity index is 392. The third kappa shape index (κ3) is 4.72. The first-order valence-electron chi connectivity index (χ1n) is 5.58. The summed E-state index contributed by atoms with van der Waals surface area (Å²) < 4.78 is 5.46. The SMILES string of the molecule is C=C(C)COc1ccc(CC(C)C(=O)O)cc1. The van der Waals surface area contributed by atoms with Crippen molar-refractivity contribution in [3.8, 4) is 5.75 Å². The molecule has 0 heterocycles. The van der Waals surface area contributed by atoms with E-state index >= 15 is 0 Å². The number of hydrogen-bond donors (Lipinski definition) is 1. The van der Waals surface area contributed by atoms with Gasteiger partial charge in [0.2, 0.25) is 0 Å². The van der Waals surface area contributed by atoms with Crippen molar-refractivity contribution in [2.24, 2.45) is 5.92 Å². The highest BCUT2D eigenvalue weighted by Crippen LogP contribution is 2.15. The lowest BCUT2D eigenvalue weighted by atomic mass is 10.0. The quantitative estimate of drug-likeness (QED) is 0.770. The molecular weight excluding hydrogens is 216 g/mol. The van der Waals surface area contributed by atoms with Gasteiger partial charge in [0.05, 0.1) is 5.92 Å². The average molecular weight is 234 g/mol. The molecule has 0 aliphatic carbocycles. The predicted octanol–water partition coefficient (Wildman–Crippen LogP) is 2.90. The number of carbonyl (C=O) groups is 1. The molecule has 1 aromatic carbocycles. The molecule has 1 rings (SSSR count). The van der Waals surface area contributed by atoms with Crippen molar-refractivity contribution >= 4 is 5.97 Å². The van der Waals surface area contributed by atoms with Crippen LogP contribution in [0, 0.1) is 5.92 Å². The van der Waals surface area contributed by atoms with Crippen LogP contribution in [0.1, 0.15) is 19.4 Å². The van der Waals surface area contributed by atoms with Gasteiger partial charge in [0.1, 0.15) is 12.4 Å². The number of benzene rings is 1. The summed E-state index contributed by atoms with van der Waals surface area (Å²) in [7, 11) is 0. The van der Waals surface area contributed by atoms with Gasteiger partial charge in [-0.05, 0) is 36.6 Å². The molecule has 0 saturated heterocycles. The van der Waals surface area contributed by atoms with Crippen LogP contribution in [-0.2, 0) is 11.2 Å². The van der Waals surface area contributed by atoms with E-state index in [0.29, 0.717) is 13.0 Å². The van der Waals surface area contributed by atoms with E-state index in [2.05, 4.69) is 6.58 Å². The fourth-order valence-corrected chi connectivity index (χ4v) is 1.37. The Balaban J connectivity index is 2.55. The third-order valence-corrected chi connectivity index (χ3v) is 2.37. The summed E-state index contributed by atoms with van der Waals surface area (Å²) in [5.41, 5.74) is 1.97. The van der Waals surface area contributed by atoms with Gasteiger partial charge < -0.3 is 9.84 Å². The smallest absolute Gasteiger partial charge is 0.306 e. The van der Waals surface area contributed by atoms with Crippen molar-refractivity contribution < 1.29 is 14.6 Å². The summed E-state index contributed by atoms with van der Waals surface area (Å²) in [4.78, 5) is 10.7. The number of aliphatic carboxylic acids is 1. The minimum absolute atomic E-state index is 0.364. The van der Waals surface area contributed by atoms with Crippen LogP contribution in [0.2, 0.25) is 0 Å². The van der Waals surface area contributed by atoms with E-state index in [1.807, 2.05) is 31.2 Å². The van der Waals surface area contributed by atoms with Gasteiger partial charge in [-0.1, -0.05) is 25.6 Å². The number of carboxylic acids is 1. The summed E-state index contributed by atoms with van der Waals surface area (Å²) in [5, 5.41) is 8.81. The minimum Gasteiger partial charge on any atom is -0.489 e. The first kappa shape index (κ1) is 13.3. The van der Waals surface area contributed by atoms with E-state index in [-0.39, 0.29) is 5.92 Å². The maximum Gasteiger partial charge on any atom is 0.306 e. The van der Waals surface area contributed by atoms with Crippen molar-refractivity contribution in [2.45, 2.75) is 20.3 Å². The van der Waals surface area contributed by atoms with Crippen molar-refractivity contribution in [2.75, 3.05) is 6.61 Å². The van der Waals surface area contributed by atoms with Gasteiger partial charge in [0.25, 0.3) is 0 Å². The van der Waals surface area contributed by atoms with Gasteiger partial charge in [0, 0.05) is 0 Å². The van der Waals surface area contributed by atoms with Crippen LogP contribution >= 0.6 is 0 Å². The zero-order valence-corrected chi connectivity index (χ0v) is 10.3. The summed E-state index contributed by atoms with van der Waals surface area (Å²) in [6.45, 7) is 7.87. The molecule has 1 atom stereocenters. The highest BCUT2D eigenvalue weighted by Gasteiger charge is 2.11. The van der Waals surface area contributed by atoms with E-state index in [1.54, 1.807) is 6.92 Å². The van der Waals surface area contributed by atoms with Crippen LogP contribution in [0.15, 0.2) is 36.4 Å². The molecule has 0 radical (unpaired) electrons. The third-order valence-electron chi connectivity index (χ3n) is 2.37. The molecule has 3 heteroatoms. The van der Waals surface area contributed by atoms with Crippen LogP contribution in [-0.4, -0.2) is 17.7 Å². The standard InChI is InChI=1S/C14H18O3/c1-10(2)9-17-13-6-4-12(5-7-13)8-11(3)14(15)16/h4-7,11H,1,8-9H2,2-3H3,(H,15,16). The first-order chi connectivity index (χ1) is 7.99. The Hall–Kier alpha value is -1.77. The van der Waals surface area contributed by atoms with Crippen molar-refractivity contribution in [1.82, 2.24) is 0 Å². The van der Waals surface area contributed by atoms with Crippen molar-refractivity contribution in [3.05, 3.63) is 42.0 Å². The molecule has 1 unspecified atom stereocenters. The molecule has 92 valence electrons. The highest BCUT2D eigenvalue weighted by molar-refractivity contribution is 5.69. The number of ether oxygens (including phenoxy) is 1. The zero-order chi connectivity index (χ0) is 12.8. The largest absolute Gasteiger partial charge is 0.489 e. The van der Waals surface area contributed by atoms with Crippen LogP contribution < -0.4 is 4.74 Å². The molecule has 3 nitrogen and oxygen atoms in total. The molecule has 0 aromatic heterocycles. The van der Waals surface area contributed by atoms with Gasteiger partial charge in [-0.3, -0.25) is 4.79 Å². The Morgan fingerprint density at radius 1 is 1.41 bits per heavy atom. The van der Waals surface area contributed by atoms with Gasteiger partial charge in [0.15, 0.2) is 0 Å². The Kier molecular flexibility index (Phi) is 4.76. The average Bonchev–Trinajstić information content (AvgIpc) is 2.28. The Morgan fingerprint density at radius 2 is 2.00 bits per heavy atom. The zero-order valence-electron chi connectivity index (χ0n) is 10.3. The van der Waals surface area contributed by atoms with E-state index in [4.69, 9.17) is 9.84 Å². The van der Waals surface area contributed by atoms with Gasteiger partial charge in [-0.25, -0.2) is 0 Å². The Morgan fingerprint density at radius 3 is 2.47 bits per heavy atom. The fraction of sp³-hybridized carbons (Fsp3) is 0.357. The summed E-state index contributed by atoms with van der Waals surface area (Å²) in [6.07, 6.45) is 0.538.